The van der Waals surface area contributed by atoms with Gasteiger partial charge in [-0.15, -0.1) is 11.5 Å². The minimum atomic E-state index is -0.288. The van der Waals surface area contributed by atoms with Crippen LogP contribution in [0.2, 0.25) is 0 Å². The summed E-state index contributed by atoms with van der Waals surface area (Å²) in [6, 6.07) is 1.89. The molecule has 16 heavy (non-hydrogen) atoms. The fourth-order valence-electron chi connectivity index (χ4n) is 1.87. The minimum Gasteiger partial charge on any atom is -0.873 e. The molecule has 0 fully saturated rings. The van der Waals surface area contributed by atoms with Crippen LogP contribution in [0.5, 0.6) is 11.5 Å². The van der Waals surface area contributed by atoms with Crippen LogP contribution in [0.25, 0.3) is 0 Å². The quantitative estimate of drug-likeness (QED) is 0.782. The molecule has 0 amide bonds. The summed E-state index contributed by atoms with van der Waals surface area (Å²) in [5.74, 6) is -0.575. The normalized spacial score (nSPS) is 9.94. The van der Waals surface area contributed by atoms with Crippen molar-refractivity contribution in [2.24, 2.45) is 0 Å². The SMILES string of the molecule is CCCCc1cc(C)c(CC)c([O-])c1[O-].[Ni+2]. The van der Waals surface area contributed by atoms with Crippen LogP contribution in [-0.2, 0) is 29.3 Å². The zero-order chi connectivity index (χ0) is 11.4. The maximum atomic E-state index is 11.7. The molecule has 92 valence electrons. The van der Waals surface area contributed by atoms with Crippen molar-refractivity contribution in [1.82, 2.24) is 0 Å². The van der Waals surface area contributed by atoms with E-state index in [9.17, 15) is 10.2 Å². The smallest absolute Gasteiger partial charge is 0.873 e. The third kappa shape index (κ3) is 3.15. The Balaban J connectivity index is 0.00000225. The summed E-state index contributed by atoms with van der Waals surface area (Å²) in [4.78, 5) is 0. The van der Waals surface area contributed by atoms with E-state index < -0.39 is 0 Å². The van der Waals surface area contributed by atoms with Crippen LogP contribution >= 0.6 is 0 Å². The Bertz CT molecular complexity index is 348. The molecule has 0 heterocycles. The zero-order valence-corrected chi connectivity index (χ0v) is 11.0. The number of benzene rings is 1. The van der Waals surface area contributed by atoms with E-state index in [4.69, 9.17) is 0 Å². The van der Waals surface area contributed by atoms with Crippen molar-refractivity contribution in [3.63, 3.8) is 0 Å². The Morgan fingerprint density at radius 3 is 2.25 bits per heavy atom. The first kappa shape index (κ1) is 15.3. The Kier molecular flexibility index (Phi) is 6.51. The van der Waals surface area contributed by atoms with Gasteiger partial charge in [0.05, 0.1) is 0 Å². The van der Waals surface area contributed by atoms with Crippen LogP contribution in [0.4, 0.5) is 0 Å². The van der Waals surface area contributed by atoms with Gasteiger partial charge in [-0.05, 0) is 31.7 Å². The second-order valence-corrected chi connectivity index (χ2v) is 3.95. The van der Waals surface area contributed by atoms with Crippen LogP contribution in [0.1, 0.15) is 43.4 Å². The molecule has 0 aliphatic heterocycles. The van der Waals surface area contributed by atoms with E-state index in [0.717, 1.165) is 24.8 Å². The third-order valence-electron chi connectivity index (χ3n) is 2.79. The van der Waals surface area contributed by atoms with Crippen molar-refractivity contribution in [1.29, 1.82) is 0 Å². The predicted molar refractivity (Wildman–Crippen MR) is 58.1 cm³/mol. The molecular formula is C13H18NiO2. The Morgan fingerprint density at radius 1 is 1.12 bits per heavy atom. The summed E-state index contributed by atoms with van der Waals surface area (Å²) in [5.41, 5.74) is 2.34. The van der Waals surface area contributed by atoms with Gasteiger partial charge in [0.15, 0.2) is 0 Å². The third-order valence-corrected chi connectivity index (χ3v) is 2.79. The maximum absolute atomic E-state index is 11.7. The van der Waals surface area contributed by atoms with Crippen LogP contribution in [0.15, 0.2) is 6.07 Å². The van der Waals surface area contributed by atoms with Gasteiger partial charge in [0, 0.05) is 0 Å². The van der Waals surface area contributed by atoms with E-state index >= 15 is 0 Å². The van der Waals surface area contributed by atoms with Crippen molar-refractivity contribution in [2.75, 3.05) is 0 Å². The molecule has 1 rings (SSSR count). The summed E-state index contributed by atoms with van der Waals surface area (Å²) in [5, 5.41) is 23.4. The molecule has 0 bridgehead atoms. The van der Waals surface area contributed by atoms with Crippen LogP contribution in [0.3, 0.4) is 0 Å². The monoisotopic (exact) mass is 264 g/mol. The van der Waals surface area contributed by atoms with Gasteiger partial charge in [0.2, 0.25) is 0 Å². The molecule has 0 aromatic heterocycles. The van der Waals surface area contributed by atoms with Crippen molar-refractivity contribution < 1.29 is 26.7 Å². The molecule has 1 aromatic carbocycles. The van der Waals surface area contributed by atoms with Gasteiger partial charge in [0.25, 0.3) is 0 Å². The van der Waals surface area contributed by atoms with Crippen LogP contribution < -0.4 is 10.2 Å². The number of hydrogen-bond donors (Lipinski definition) is 0. The van der Waals surface area contributed by atoms with Gasteiger partial charge in [-0.25, -0.2) is 0 Å². The van der Waals surface area contributed by atoms with Crippen LogP contribution in [-0.4, -0.2) is 0 Å². The zero-order valence-electron chi connectivity index (χ0n) is 10.0. The number of hydrogen-bond acceptors (Lipinski definition) is 2. The standard InChI is InChI=1S/C13H20O2.Ni/c1-4-6-7-10-8-9(3)11(5-2)13(15)12(10)14;/h8,14-15H,4-7H2,1-3H3;/q;+2/p-2. The molecule has 0 aliphatic carbocycles. The molecule has 0 atom stereocenters. The fraction of sp³-hybridized carbons (Fsp3) is 0.538. The van der Waals surface area contributed by atoms with Gasteiger partial charge in [-0.1, -0.05) is 37.5 Å². The topological polar surface area (TPSA) is 46.1 Å². The molecule has 1 aromatic rings. The molecule has 0 aliphatic rings. The Morgan fingerprint density at radius 2 is 1.75 bits per heavy atom. The van der Waals surface area contributed by atoms with E-state index in [2.05, 4.69) is 6.92 Å². The van der Waals surface area contributed by atoms with Gasteiger partial charge < -0.3 is 10.2 Å². The van der Waals surface area contributed by atoms with Crippen molar-refractivity contribution in [2.45, 2.75) is 46.5 Å². The van der Waals surface area contributed by atoms with Gasteiger partial charge in [0.1, 0.15) is 0 Å². The number of rotatable bonds is 4. The summed E-state index contributed by atoms with van der Waals surface area (Å²) in [6.07, 6.45) is 3.39. The van der Waals surface area contributed by atoms with Gasteiger partial charge >= 0.3 is 16.5 Å². The van der Waals surface area contributed by atoms with Gasteiger partial charge in [-0.3, -0.25) is 0 Å². The molecule has 0 radical (unpaired) electrons. The van der Waals surface area contributed by atoms with E-state index in [1.54, 1.807) is 0 Å². The first-order chi connectivity index (χ1) is 7.11. The number of unbranched alkanes of at least 4 members (excludes halogenated alkanes) is 1. The first-order valence-electron chi connectivity index (χ1n) is 5.61. The Hall–Kier alpha value is -0.686. The molecule has 3 heteroatoms. The summed E-state index contributed by atoms with van der Waals surface area (Å²) in [7, 11) is 0. The Labute approximate surface area is 108 Å². The van der Waals surface area contributed by atoms with E-state index in [1.165, 1.54) is 0 Å². The second kappa shape index (κ2) is 6.80. The average Bonchev–Trinajstić information content (AvgIpc) is 2.22. The first-order valence-corrected chi connectivity index (χ1v) is 5.61. The van der Waals surface area contributed by atoms with Crippen molar-refractivity contribution in [3.8, 4) is 11.5 Å². The van der Waals surface area contributed by atoms with Crippen molar-refractivity contribution >= 4 is 0 Å². The van der Waals surface area contributed by atoms with E-state index in [1.807, 2.05) is 19.9 Å². The van der Waals surface area contributed by atoms with Crippen LogP contribution in [0, 0.1) is 6.92 Å². The maximum Gasteiger partial charge on any atom is 2.00 e. The summed E-state index contributed by atoms with van der Waals surface area (Å²) >= 11 is 0. The minimum absolute atomic E-state index is 0. The molecular weight excluding hydrogens is 247 g/mol. The predicted octanol–water partition coefficient (Wildman–Crippen LogP) is 2.04. The summed E-state index contributed by atoms with van der Waals surface area (Å²) < 4.78 is 0. The largest absolute Gasteiger partial charge is 2.00 e. The van der Waals surface area contributed by atoms with Crippen molar-refractivity contribution in [3.05, 3.63) is 22.8 Å². The molecule has 0 saturated heterocycles. The fourth-order valence-corrected chi connectivity index (χ4v) is 1.87. The molecule has 2 nitrogen and oxygen atoms in total. The number of aryl methyl sites for hydroxylation is 2. The molecule has 0 unspecified atom stereocenters. The van der Waals surface area contributed by atoms with E-state index in [0.29, 0.717) is 17.5 Å². The molecule has 0 N–H and O–H groups in total. The van der Waals surface area contributed by atoms with E-state index in [-0.39, 0.29) is 28.0 Å². The average molecular weight is 265 g/mol. The molecule has 0 saturated carbocycles. The molecule has 0 spiro atoms. The second-order valence-electron chi connectivity index (χ2n) is 3.95. The van der Waals surface area contributed by atoms with Gasteiger partial charge in [-0.2, -0.15) is 0 Å². The summed E-state index contributed by atoms with van der Waals surface area (Å²) in [6.45, 7) is 5.90.